The second kappa shape index (κ2) is 8.57. The summed E-state index contributed by atoms with van der Waals surface area (Å²) in [5.41, 5.74) is 0. The zero-order chi connectivity index (χ0) is 15.1. The first kappa shape index (κ1) is 19.3. The van der Waals surface area contributed by atoms with Crippen molar-refractivity contribution in [3.63, 3.8) is 0 Å². The number of hydrogen-bond donors (Lipinski definition) is 0. The Hall–Kier alpha value is 0.314. The molecule has 0 fully saturated rings. The molecule has 0 unspecified atom stereocenters. The summed E-state index contributed by atoms with van der Waals surface area (Å²) in [4.78, 5) is 0. The molecule has 116 valence electrons. The van der Waals surface area contributed by atoms with Crippen LogP contribution in [-0.4, -0.2) is 66.0 Å². The van der Waals surface area contributed by atoms with Crippen molar-refractivity contribution in [2.75, 3.05) is 40.4 Å². The van der Waals surface area contributed by atoms with Gasteiger partial charge in [0.1, 0.15) is 16.5 Å². The molecule has 3 nitrogen and oxygen atoms in total. The van der Waals surface area contributed by atoms with Crippen molar-refractivity contribution in [1.82, 2.24) is 9.13 Å². The average Bonchev–Trinajstić information content (AvgIpc) is 2.24. The van der Waals surface area contributed by atoms with Crippen LogP contribution in [0.15, 0.2) is 0 Å². The summed E-state index contributed by atoms with van der Waals surface area (Å²) in [6, 6.07) is 0. The van der Waals surface area contributed by atoms with Gasteiger partial charge in [0.15, 0.2) is 0 Å². The molecule has 0 aromatic rings. The lowest BCUT2D eigenvalue weighted by molar-refractivity contribution is 0.123. The predicted molar refractivity (Wildman–Crippen MR) is 92.0 cm³/mol. The lowest BCUT2D eigenvalue weighted by Gasteiger charge is -2.30. The molecule has 5 heteroatoms. The normalized spacial score (nSPS) is 13.6. The monoisotopic (exact) mass is 304 g/mol. The maximum absolute atomic E-state index is 5.74. The summed E-state index contributed by atoms with van der Waals surface area (Å²) in [7, 11) is 2.30. The molecule has 0 aliphatic rings. The molecule has 0 atom stereocenters. The van der Waals surface area contributed by atoms with Crippen LogP contribution in [0.25, 0.3) is 0 Å². The highest BCUT2D eigenvalue weighted by Crippen LogP contribution is 2.07. The Bertz CT molecular complexity index is 213. The van der Waals surface area contributed by atoms with Crippen molar-refractivity contribution in [1.29, 1.82) is 0 Å². The molecule has 0 saturated heterocycles. The first-order valence-corrected chi connectivity index (χ1v) is 14.4. The molecular formula is C14H36N2OSi2. The maximum Gasteiger partial charge on any atom is 0.118 e. The van der Waals surface area contributed by atoms with Crippen LogP contribution in [0.3, 0.4) is 0 Å². The minimum absolute atomic E-state index is 0.908. The molecule has 0 aliphatic heterocycles. The van der Waals surface area contributed by atoms with Gasteiger partial charge < -0.3 is 13.9 Å². The molecule has 0 heterocycles. The Labute approximate surface area is 123 Å². The quantitative estimate of drug-likeness (QED) is 0.455. The van der Waals surface area contributed by atoms with E-state index in [1.165, 1.54) is 13.1 Å². The van der Waals surface area contributed by atoms with Crippen LogP contribution in [0.2, 0.25) is 39.3 Å². The minimum Gasteiger partial charge on any atom is -0.381 e. The smallest absolute Gasteiger partial charge is 0.118 e. The topological polar surface area (TPSA) is 15.7 Å². The van der Waals surface area contributed by atoms with E-state index in [-0.39, 0.29) is 0 Å². The fourth-order valence-corrected chi connectivity index (χ4v) is 3.24. The molecule has 0 radical (unpaired) electrons. The third-order valence-electron chi connectivity index (χ3n) is 3.85. The van der Waals surface area contributed by atoms with Crippen molar-refractivity contribution >= 4 is 16.5 Å². The van der Waals surface area contributed by atoms with Crippen molar-refractivity contribution < 1.29 is 4.74 Å². The summed E-state index contributed by atoms with van der Waals surface area (Å²) < 4.78 is 10.8. The van der Waals surface area contributed by atoms with E-state index in [1.54, 1.807) is 0 Å². The number of ether oxygens (including phenoxy) is 1. The van der Waals surface area contributed by atoms with Crippen molar-refractivity contribution in [3.05, 3.63) is 0 Å². The molecule has 0 aliphatic carbocycles. The minimum atomic E-state index is -1.10. The number of nitrogens with zero attached hydrogens (tertiary/aromatic N) is 2. The van der Waals surface area contributed by atoms with Gasteiger partial charge in [-0.25, -0.2) is 0 Å². The van der Waals surface area contributed by atoms with Crippen LogP contribution in [0.1, 0.15) is 12.8 Å². The molecule has 0 aromatic carbocycles. The SMILES string of the molecule is CN(CCCOCCCN(C)[Si](C)(C)C)[Si](C)(C)C. The van der Waals surface area contributed by atoms with Gasteiger partial charge in [0.25, 0.3) is 0 Å². The fraction of sp³-hybridized carbons (Fsp3) is 1.00. The lowest BCUT2D eigenvalue weighted by Crippen LogP contribution is -2.44. The van der Waals surface area contributed by atoms with Gasteiger partial charge in [-0.3, -0.25) is 0 Å². The van der Waals surface area contributed by atoms with Gasteiger partial charge in [-0.05, 0) is 40.0 Å². The third kappa shape index (κ3) is 9.79. The Balaban J connectivity index is 3.47. The van der Waals surface area contributed by atoms with Gasteiger partial charge in [-0.2, -0.15) is 0 Å². The van der Waals surface area contributed by atoms with E-state index < -0.39 is 16.5 Å². The Kier molecular flexibility index (Phi) is 8.71. The van der Waals surface area contributed by atoms with Crippen LogP contribution in [0.4, 0.5) is 0 Å². The van der Waals surface area contributed by atoms with Gasteiger partial charge in [0.2, 0.25) is 0 Å². The summed E-state index contributed by atoms with van der Waals surface area (Å²) >= 11 is 0. The van der Waals surface area contributed by atoms with Crippen molar-refractivity contribution in [2.24, 2.45) is 0 Å². The molecule has 19 heavy (non-hydrogen) atoms. The molecule has 0 spiro atoms. The van der Waals surface area contributed by atoms with Crippen molar-refractivity contribution in [2.45, 2.75) is 52.1 Å². The molecular weight excluding hydrogens is 268 g/mol. The third-order valence-corrected chi connectivity index (χ3v) is 8.88. The molecule has 0 amide bonds. The highest BCUT2D eigenvalue weighted by atomic mass is 28.3. The van der Waals surface area contributed by atoms with Crippen LogP contribution in [0, 0.1) is 0 Å². The highest BCUT2D eigenvalue weighted by molar-refractivity contribution is 6.73. The van der Waals surface area contributed by atoms with Crippen LogP contribution >= 0.6 is 0 Å². The summed E-state index contributed by atoms with van der Waals surface area (Å²) in [6.07, 6.45) is 2.31. The fourth-order valence-electron chi connectivity index (χ4n) is 1.58. The largest absolute Gasteiger partial charge is 0.381 e. The number of rotatable bonds is 10. The summed E-state index contributed by atoms with van der Waals surface area (Å²) in [6.45, 7) is 18.5. The zero-order valence-electron chi connectivity index (χ0n) is 14.5. The second-order valence-electron chi connectivity index (χ2n) is 7.50. The molecule has 0 saturated carbocycles. The zero-order valence-corrected chi connectivity index (χ0v) is 16.5. The van der Waals surface area contributed by atoms with Crippen LogP contribution in [0.5, 0.6) is 0 Å². The first-order chi connectivity index (χ1) is 8.55. The van der Waals surface area contributed by atoms with E-state index >= 15 is 0 Å². The Morgan fingerprint density at radius 1 is 0.684 bits per heavy atom. The van der Waals surface area contributed by atoms with Gasteiger partial charge >= 0.3 is 0 Å². The predicted octanol–water partition coefficient (Wildman–Crippen LogP) is 3.32. The van der Waals surface area contributed by atoms with Crippen molar-refractivity contribution in [3.8, 4) is 0 Å². The number of hydrogen-bond acceptors (Lipinski definition) is 3. The Morgan fingerprint density at radius 3 is 1.26 bits per heavy atom. The molecule has 0 aromatic heterocycles. The summed E-state index contributed by atoms with van der Waals surface area (Å²) in [5, 5.41) is 0. The molecule has 0 N–H and O–H groups in total. The maximum atomic E-state index is 5.74. The van der Waals surface area contributed by atoms with E-state index in [9.17, 15) is 0 Å². The van der Waals surface area contributed by atoms with E-state index in [4.69, 9.17) is 4.74 Å². The Morgan fingerprint density at radius 2 is 1.00 bits per heavy atom. The second-order valence-corrected chi connectivity index (χ2v) is 17.7. The van der Waals surface area contributed by atoms with E-state index in [2.05, 4.69) is 62.5 Å². The standard InChI is InChI=1S/C14H36N2OSi2/c1-15(18(3,4)5)11-9-13-17-14-10-12-16(2)19(6,7)8/h9-14H2,1-8H3. The van der Waals surface area contributed by atoms with Gasteiger partial charge in [-0.1, -0.05) is 39.3 Å². The average molecular weight is 305 g/mol. The first-order valence-electron chi connectivity index (χ1n) is 7.55. The molecule has 0 rings (SSSR count). The van der Waals surface area contributed by atoms with E-state index in [0.717, 1.165) is 26.1 Å². The van der Waals surface area contributed by atoms with Crippen LogP contribution < -0.4 is 0 Å². The van der Waals surface area contributed by atoms with E-state index in [1.807, 2.05) is 0 Å². The molecule has 0 bridgehead atoms. The van der Waals surface area contributed by atoms with Gasteiger partial charge in [0.05, 0.1) is 0 Å². The van der Waals surface area contributed by atoms with Crippen LogP contribution in [-0.2, 0) is 4.74 Å². The van der Waals surface area contributed by atoms with Gasteiger partial charge in [-0.15, -0.1) is 0 Å². The summed E-state index contributed by atoms with van der Waals surface area (Å²) in [5.74, 6) is 0. The van der Waals surface area contributed by atoms with Gasteiger partial charge in [0, 0.05) is 13.2 Å². The van der Waals surface area contributed by atoms with E-state index in [0.29, 0.717) is 0 Å². The highest BCUT2D eigenvalue weighted by Gasteiger charge is 2.19. The lowest BCUT2D eigenvalue weighted by atomic mass is 10.4.